The molecule has 0 spiro atoms. The molecule has 2 rings (SSSR count). The van der Waals surface area contributed by atoms with Crippen LogP contribution in [-0.2, 0) is 6.42 Å². The van der Waals surface area contributed by atoms with Gasteiger partial charge in [-0.25, -0.2) is 0 Å². The maximum atomic E-state index is 6.18. The molecule has 14 heavy (non-hydrogen) atoms. The van der Waals surface area contributed by atoms with Gasteiger partial charge in [0.25, 0.3) is 0 Å². The van der Waals surface area contributed by atoms with Gasteiger partial charge in [-0.15, -0.1) is 16.7 Å². The van der Waals surface area contributed by atoms with E-state index in [1.807, 2.05) is 5.38 Å². The fourth-order valence-corrected chi connectivity index (χ4v) is 3.00. The standard InChI is InChI=1S/C10H15ClN2S/c1-7-2-3-9(11)4-8(7)5-10-6-14-13-12-10/h6-9H,2-5H2,1H3. The lowest BCUT2D eigenvalue weighted by molar-refractivity contribution is 0.257. The third-order valence-electron chi connectivity index (χ3n) is 3.17. The molecular formula is C10H15ClN2S. The third kappa shape index (κ3) is 2.45. The molecule has 0 radical (unpaired) electrons. The Morgan fingerprint density at radius 2 is 2.43 bits per heavy atom. The van der Waals surface area contributed by atoms with E-state index in [1.54, 1.807) is 0 Å². The Balaban J connectivity index is 1.95. The molecule has 1 aromatic rings. The Kier molecular flexibility index (Phi) is 3.39. The number of hydrogen-bond acceptors (Lipinski definition) is 3. The highest BCUT2D eigenvalue weighted by atomic mass is 35.5. The second kappa shape index (κ2) is 4.58. The highest BCUT2D eigenvalue weighted by molar-refractivity contribution is 7.03. The zero-order valence-corrected chi connectivity index (χ0v) is 9.89. The molecule has 2 nitrogen and oxygen atoms in total. The Bertz CT molecular complexity index is 276. The Hall–Kier alpha value is -0.150. The number of halogens is 1. The van der Waals surface area contributed by atoms with Gasteiger partial charge in [0.05, 0.1) is 5.69 Å². The van der Waals surface area contributed by atoms with Crippen LogP contribution in [0.15, 0.2) is 5.38 Å². The molecule has 78 valence electrons. The highest BCUT2D eigenvalue weighted by Gasteiger charge is 2.27. The van der Waals surface area contributed by atoms with Crippen LogP contribution in [0.3, 0.4) is 0 Å². The van der Waals surface area contributed by atoms with E-state index in [2.05, 4.69) is 16.5 Å². The smallest absolute Gasteiger partial charge is 0.0758 e. The number of alkyl halides is 1. The molecule has 1 fully saturated rings. The van der Waals surface area contributed by atoms with Gasteiger partial charge in [-0.3, -0.25) is 0 Å². The molecule has 0 bridgehead atoms. The lowest BCUT2D eigenvalue weighted by Crippen LogP contribution is -2.25. The van der Waals surface area contributed by atoms with Gasteiger partial charge in [-0.1, -0.05) is 11.4 Å². The summed E-state index contributed by atoms with van der Waals surface area (Å²) < 4.78 is 3.89. The van der Waals surface area contributed by atoms with Gasteiger partial charge in [0.15, 0.2) is 0 Å². The summed E-state index contributed by atoms with van der Waals surface area (Å²) in [5.41, 5.74) is 1.14. The summed E-state index contributed by atoms with van der Waals surface area (Å²) in [4.78, 5) is 0. The molecular weight excluding hydrogens is 216 g/mol. The first-order valence-corrected chi connectivity index (χ1v) is 6.43. The van der Waals surface area contributed by atoms with Crippen LogP contribution in [0.5, 0.6) is 0 Å². The van der Waals surface area contributed by atoms with Crippen molar-refractivity contribution in [1.29, 1.82) is 0 Å². The van der Waals surface area contributed by atoms with Gasteiger partial charge in [-0.2, -0.15) is 0 Å². The van der Waals surface area contributed by atoms with Crippen LogP contribution in [0.2, 0.25) is 0 Å². The number of aromatic nitrogens is 2. The van der Waals surface area contributed by atoms with Gasteiger partial charge in [-0.05, 0) is 49.1 Å². The van der Waals surface area contributed by atoms with Crippen LogP contribution in [0.1, 0.15) is 31.9 Å². The van der Waals surface area contributed by atoms with Crippen molar-refractivity contribution in [3.05, 3.63) is 11.1 Å². The van der Waals surface area contributed by atoms with Crippen LogP contribution in [0.25, 0.3) is 0 Å². The normalized spacial score (nSPS) is 33.1. The molecule has 4 heteroatoms. The quantitative estimate of drug-likeness (QED) is 0.730. The SMILES string of the molecule is CC1CCC(Cl)CC1Cc1csnn1. The fourth-order valence-electron chi connectivity index (χ4n) is 2.18. The van der Waals surface area contributed by atoms with Gasteiger partial charge in [0.1, 0.15) is 0 Å². The minimum Gasteiger partial charge on any atom is -0.143 e. The molecule has 0 saturated heterocycles. The predicted molar refractivity (Wildman–Crippen MR) is 59.8 cm³/mol. The van der Waals surface area contributed by atoms with Crippen LogP contribution in [0, 0.1) is 11.8 Å². The van der Waals surface area contributed by atoms with Crippen molar-refractivity contribution < 1.29 is 0 Å². The lowest BCUT2D eigenvalue weighted by Gasteiger charge is -2.31. The minimum absolute atomic E-state index is 0.378. The molecule has 0 aromatic carbocycles. The average Bonchev–Trinajstić information content (AvgIpc) is 2.64. The molecule has 3 atom stereocenters. The van der Waals surface area contributed by atoms with Crippen molar-refractivity contribution in [2.75, 3.05) is 0 Å². The maximum Gasteiger partial charge on any atom is 0.0758 e. The van der Waals surface area contributed by atoms with Crippen molar-refractivity contribution in [1.82, 2.24) is 9.59 Å². The van der Waals surface area contributed by atoms with E-state index < -0.39 is 0 Å². The number of hydrogen-bond donors (Lipinski definition) is 0. The lowest BCUT2D eigenvalue weighted by atomic mass is 9.78. The van der Waals surface area contributed by atoms with Crippen molar-refractivity contribution in [2.45, 2.75) is 38.0 Å². The summed E-state index contributed by atoms with van der Waals surface area (Å²) in [5, 5.41) is 6.52. The Labute approximate surface area is 93.8 Å². The molecule has 0 amide bonds. The monoisotopic (exact) mass is 230 g/mol. The summed E-state index contributed by atoms with van der Waals surface area (Å²) in [6, 6.07) is 0. The van der Waals surface area contributed by atoms with Crippen molar-refractivity contribution in [3.63, 3.8) is 0 Å². The zero-order chi connectivity index (χ0) is 9.97. The minimum atomic E-state index is 0.378. The van der Waals surface area contributed by atoms with E-state index in [-0.39, 0.29) is 0 Å². The van der Waals surface area contributed by atoms with E-state index >= 15 is 0 Å². The first-order valence-electron chi connectivity index (χ1n) is 5.15. The van der Waals surface area contributed by atoms with Gasteiger partial charge >= 0.3 is 0 Å². The molecule has 3 unspecified atom stereocenters. The second-order valence-corrected chi connectivity index (χ2v) is 5.48. The molecule has 1 aliphatic rings. The molecule has 1 heterocycles. The molecule has 0 N–H and O–H groups in total. The maximum absolute atomic E-state index is 6.18. The second-order valence-electron chi connectivity index (χ2n) is 4.25. The summed E-state index contributed by atoms with van der Waals surface area (Å²) in [7, 11) is 0. The van der Waals surface area contributed by atoms with Crippen molar-refractivity contribution >= 4 is 23.1 Å². The Morgan fingerprint density at radius 1 is 1.57 bits per heavy atom. The average molecular weight is 231 g/mol. The zero-order valence-electron chi connectivity index (χ0n) is 8.32. The highest BCUT2D eigenvalue weighted by Crippen LogP contribution is 2.34. The first-order chi connectivity index (χ1) is 6.75. The van der Waals surface area contributed by atoms with Crippen molar-refractivity contribution in [2.24, 2.45) is 11.8 Å². The van der Waals surface area contributed by atoms with Crippen LogP contribution in [0.4, 0.5) is 0 Å². The van der Waals surface area contributed by atoms with E-state index in [4.69, 9.17) is 11.6 Å². The van der Waals surface area contributed by atoms with Crippen molar-refractivity contribution in [3.8, 4) is 0 Å². The third-order valence-corrected chi connectivity index (χ3v) is 4.12. The van der Waals surface area contributed by atoms with Gasteiger partial charge in [0, 0.05) is 10.8 Å². The van der Waals surface area contributed by atoms with E-state index in [1.165, 1.54) is 24.4 Å². The van der Waals surface area contributed by atoms with Crippen LogP contribution >= 0.6 is 23.1 Å². The van der Waals surface area contributed by atoms with E-state index in [9.17, 15) is 0 Å². The van der Waals surface area contributed by atoms with Crippen LogP contribution in [-0.4, -0.2) is 15.0 Å². The number of rotatable bonds is 2. The summed E-state index contributed by atoms with van der Waals surface area (Å²) in [6.07, 6.45) is 4.63. The number of nitrogens with zero attached hydrogens (tertiary/aromatic N) is 2. The summed E-state index contributed by atoms with van der Waals surface area (Å²) in [5.74, 6) is 1.49. The summed E-state index contributed by atoms with van der Waals surface area (Å²) >= 11 is 7.62. The predicted octanol–water partition coefficient (Wildman–Crippen LogP) is 3.12. The van der Waals surface area contributed by atoms with Gasteiger partial charge < -0.3 is 0 Å². The van der Waals surface area contributed by atoms with E-state index in [0.29, 0.717) is 11.3 Å². The molecule has 1 saturated carbocycles. The molecule has 1 aliphatic carbocycles. The fraction of sp³-hybridized carbons (Fsp3) is 0.800. The largest absolute Gasteiger partial charge is 0.143 e. The first kappa shape index (κ1) is 10.4. The molecule has 0 aliphatic heterocycles. The van der Waals surface area contributed by atoms with E-state index in [0.717, 1.165) is 24.5 Å². The summed E-state index contributed by atoms with van der Waals surface area (Å²) in [6.45, 7) is 2.33. The Morgan fingerprint density at radius 3 is 3.14 bits per heavy atom. The van der Waals surface area contributed by atoms with Crippen LogP contribution < -0.4 is 0 Å². The molecule has 1 aromatic heterocycles. The van der Waals surface area contributed by atoms with Gasteiger partial charge in [0.2, 0.25) is 0 Å². The topological polar surface area (TPSA) is 25.8 Å².